The molecule has 0 saturated carbocycles. The molecule has 0 bridgehead atoms. The van der Waals surface area contributed by atoms with Gasteiger partial charge in [0, 0.05) is 35.8 Å². The second-order valence-electron chi connectivity index (χ2n) is 6.77. The number of H-pyrrole nitrogens is 1. The van der Waals surface area contributed by atoms with Crippen molar-refractivity contribution in [3.8, 4) is 17.0 Å². The molecule has 2 aliphatic heterocycles. The fourth-order valence-corrected chi connectivity index (χ4v) is 3.92. The molecule has 3 aromatic rings. The maximum absolute atomic E-state index is 12.5. The monoisotopic (exact) mass is 392 g/mol. The molecule has 0 aliphatic carbocycles. The summed E-state index contributed by atoms with van der Waals surface area (Å²) in [7, 11) is 0. The molecule has 2 aromatic heterocycles. The quantitative estimate of drug-likeness (QED) is 0.567. The van der Waals surface area contributed by atoms with E-state index in [-0.39, 0.29) is 5.91 Å². The minimum Gasteiger partial charge on any atom is -0.474 e. The maximum atomic E-state index is 12.5. The summed E-state index contributed by atoms with van der Waals surface area (Å²) >= 11 is 6.52. The molecule has 0 saturated heterocycles. The van der Waals surface area contributed by atoms with Gasteiger partial charge in [-0.2, -0.15) is 0 Å². The molecule has 6 nitrogen and oxygen atoms in total. The molecule has 1 amide bonds. The van der Waals surface area contributed by atoms with E-state index in [1.54, 1.807) is 6.20 Å². The summed E-state index contributed by atoms with van der Waals surface area (Å²) < 4.78 is 5.62. The van der Waals surface area contributed by atoms with Crippen molar-refractivity contribution in [2.24, 2.45) is 0 Å². The van der Waals surface area contributed by atoms with Crippen molar-refractivity contribution < 1.29 is 9.53 Å². The van der Waals surface area contributed by atoms with Crippen LogP contribution in [-0.2, 0) is 4.79 Å². The fourth-order valence-electron chi connectivity index (χ4n) is 3.65. The summed E-state index contributed by atoms with van der Waals surface area (Å²) in [5.41, 5.74) is 6.63. The van der Waals surface area contributed by atoms with Crippen LogP contribution < -0.4 is 15.4 Å². The Hall–Kier alpha value is -3.25. The van der Waals surface area contributed by atoms with Gasteiger partial charge < -0.3 is 20.4 Å². The van der Waals surface area contributed by atoms with E-state index in [1.807, 2.05) is 43.5 Å². The number of halogens is 1. The van der Waals surface area contributed by atoms with Gasteiger partial charge in [-0.25, -0.2) is 4.98 Å². The molecule has 5 rings (SSSR count). The number of hydrogen-bond donors (Lipinski definition) is 3. The molecule has 0 spiro atoms. The number of anilines is 2. The van der Waals surface area contributed by atoms with Crippen molar-refractivity contribution in [3.05, 3.63) is 58.5 Å². The largest absolute Gasteiger partial charge is 0.474 e. The Labute approximate surface area is 166 Å². The zero-order valence-electron chi connectivity index (χ0n) is 15.1. The summed E-state index contributed by atoms with van der Waals surface area (Å²) in [5, 5.41) is 6.72. The van der Waals surface area contributed by atoms with E-state index in [0.29, 0.717) is 28.8 Å². The Morgan fingerprint density at radius 1 is 1.25 bits per heavy atom. The molecule has 28 heavy (non-hydrogen) atoms. The summed E-state index contributed by atoms with van der Waals surface area (Å²) in [4.78, 5) is 20.1. The first-order chi connectivity index (χ1) is 13.6. The van der Waals surface area contributed by atoms with Gasteiger partial charge in [0.05, 0.1) is 16.3 Å². The molecule has 4 heterocycles. The lowest BCUT2D eigenvalue weighted by molar-refractivity contribution is -0.110. The molecule has 3 N–H and O–H groups in total. The third-order valence-electron chi connectivity index (χ3n) is 5.04. The van der Waals surface area contributed by atoms with Crippen molar-refractivity contribution in [3.63, 3.8) is 0 Å². The van der Waals surface area contributed by atoms with Crippen LogP contribution in [0.3, 0.4) is 0 Å². The van der Waals surface area contributed by atoms with E-state index < -0.39 is 0 Å². The molecule has 0 unspecified atom stereocenters. The number of nitrogens with one attached hydrogen (secondary N) is 3. The number of aromatic nitrogens is 2. The first-order valence-electron chi connectivity index (χ1n) is 8.99. The van der Waals surface area contributed by atoms with E-state index in [4.69, 9.17) is 16.3 Å². The first kappa shape index (κ1) is 16.9. The van der Waals surface area contributed by atoms with Crippen LogP contribution in [0.4, 0.5) is 11.4 Å². The molecular formula is C21H17ClN4O2. The SMILES string of the molecule is Cc1c(-c2cc(Cl)c3c(c2)/C(=C/c2ccc[nH]2)C(=O)N3)cnc2c1NCCO2. The molecule has 1 aromatic carbocycles. The first-order valence-corrected chi connectivity index (χ1v) is 9.36. The summed E-state index contributed by atoms with van der Waals surface area (Å²) in [6.07, 6.45) is 5.44. The van der Waals surface area contributed by atoms with Crippen LogP contribution in [-0.4, -0.2) is 29.0 Å². The van der Waals surface area contributed by atoms with E-state index in [2.05, 4.69) is 20.6 Å². The molecular weight excluding hydrogens is 376 g/mol. The smallest absolute Gasteiger partial charge is 0.256 e. The Morgan fingerprint density at radius 2 is 2.14 bits per heavy atom. The van der Waals surface area contributed by atoms with Gasteiger partial charge in [0.15, 0.2) is 0 Å². The average molecular weight is 393 g/mol. The summed E-state index contributed by atoms with van der Waals surface area (Å²) in [6.45, 7) is 3.37. The number of hydrogen-bond acceptors (Lipinski definition) is 4. The second-order valence-corrected chi connectivity index (χ2v) is 7.18. The highest BCUT2D eigenvalue weighted by Gasteiger charge is 2.28. The van der Waals surface area contributed by atoms with Crippen molar-refractivity contribution in [1.82, 2.24) is 9.97 Å². The fraction of sp³-hybridized carbons (Fsp3) is 0.143. The molecule has 0 radical (unpaired) electrons. The van der Waals surface area contributed by atoms with Crippen LogP contribution >= 0.6 is 11.6 Å². The number of ether oxygens (including phenoxy) is 1. The lowest BCUT2D eigenvalue weighted by atomic mass is 9.96. The topological polar surface area (TPSA) is 79.0 Å². The lowest BCUT2D eigenvalue weighted by Gasteiger charge is -2.21. The van der Waals surface area contributed by atoms with Gasteiger partial charge in [0.1, 0.15) is 12.3 Å². The van der Waals surface area contributed by atoms with E-state index in [0.717, 1.165) is 40.2 Å². The predicted molar refractivity (Wildman–Crippen MR) is 111 cm³/mol. The summed E-state index contributed by atoms with van der Waals surface area (Å²) in [6, 6.07) is 7.64. The third kappa shape index (κ3) is 2.65. The van der Waals surface area contributed by atoms with Gasteiger partial charge >= 0.3 is 0 Å². The van der Waals surface area contributed by atoms with Gasteiger partial charge in [-0.15, -0.1) is 0 Å². The Balaban J connectivity index is 1.66. The van der Waals surface area contributed by atoms with Crippen molar-refractivity contribution in [2.45, 2.75) is 6.92 Å². The number of aromatic amines is 1. The number of rotatable bonds is 2. The van der Waals surface area contributed by atoms with Crippen molar-refractivity contribution in [1.29, 1.82) is 0 Å². The second kappa shape index (κ2) is 6.42. The van der Waals surface area contributed by atoms with Gasteiger partial charge in [-0.1, -0.05) is 11.6 Å². The van der Waals surface area contributed by atoms with Crippen LogP contribution in [0.15, 0.2) is 36.7 Å². The zero-order valence-corrected chi connectivity index (χ0v) is 15.9. The summed E-state index contributed by atoms with van der Waals surface area (Å²) in [5.74, 6) is 0.447. The lowest BCUT2D eigenvalue weighted by Crippen LogP contribution is -2.20. The van der Waals surface area contributed by atoms with E-state index in [9.17, 15) is 4.79 Å². The van der Waals surface area contributed by atoms with Crippen LogP contribution in [0, 0.1) is 6.92 Å². The highest BCUT2D eigenvalue weighted by atomic mass is 35.5. The van der Waals surface area contributed by atoms with Crippen molar-refractivity contribution in [2.75, 3.05) is 23.8 Å². The van der Waals surface area contributed by atoms with E-state index in [1.165, 1.54) is 0 Å². The number of carbonyl (C=O) groups excluding carboxylic acids is 1. The standard InChI is InChI=1S/C21H17ClN4O2/c1-11-16(10-25-21-18(11)24-5-6-28-21)12-7-14-15(9-13-3-2-4-23-13)20(27)26-19(14)17(22)8-12/h2-4,7-10,23-24H,5-6H2,1H3,(H,26,27)/b15-9-. The maximum Gasteiger partial charge on any atom is 0.256 e. The average Bonchev–Trinajstić information content (AvgIpc) is 3.32. The number of fused-ring (bicyclic) bond motifs is 2. The number of amides is 1. The highest BCUT2D eigenvalue weighted by Crippen LogP contribution is 2.43. The Morgan fingerprint density at radius 3 is 2.96 bits per heavy atom. The zero-order chi connectivity index (χ0) is 19.3. The van der Waals surface area contributed by atoms with Crippen LogP contribution in [0.1, 0.15) is 16.8 Å². The molecule has 7 heteroatoms. The van der Waals surface area contributed by atoms with Crippen LogP contribution in [0.25, 0.3) is 22.8 Å². The van der Waals surface area contributed by atoms with Gasteiger partial charge in [0.2, 0.25) is 5.88 Å². The van der Waals surface area contributed by atoms with Gasteiger partial charge in [-0.3, -0.25) is 4.79 Å². The Bertz CT molecular complexity index is 1140. The molecule has 0 atom stereocenters. The minimum absolute atomic E-state index is 0.168. The normalized spacial score (nSPS) is 16.2. The highest BCUT2D eigenvalue weighted by molar-refractivity contribution is 6.41. The van der Waals surface area contributed by atoms with Crippen LogP contribution in [0.5, 0.6) is 5.88 Å². The molecule has 0 fully saturated rings. The third-order valence-corrected chi connectivity index (χ3v) is 5.34. The number of pyridine rings is 1. The Kier molecular flexibility index (Phi) is 3.87. The van der Waals surface area contributed by atoms with Crippen molar-refractivity contribution >= 4 is 40.5 Å². The number of carbonyl (C=O) groups is 1. The number of nitrogens with zero attached hydrogens (tertiary/aromatic N) is 1. The minimum atomic E-state index is -0.168. The van der Waals surface area contributed by atoms with E-state index >= 15 is 0 Å². The van der Waals surface area contributed by atoms with Crippen LogP contribution in [0.2, 0.25) is 5.02 Å². The van der Waals surface area contributed by atoms with Gasteiger partial charge in [0.25, 0.3) is 5.91 Å². The molecule has 140 valence electrons. The van der Waals surface area contributed by atoms with Gasteiger partial charge in [-0.05, 0) is 48.4 Å². The number of benzene rings is 1. The molecule has 2 aliphatic rings. The predicted octanol–water partition coefficient (Wildman–Crippen LogP) is 4.34.